The Morgan fingerprint density at radius 3 is 2.39 bits per heavy atom. The van der Waals surface area contributed by atoms with E-state index in [1.54, 1.807) is 5.38 Å². The first-order valence-electron chi connectivity index (χ1n) is 8.99. The molecule has 9 heteroatoms. The lowest BCUT2D eigenvalue weighted by atomic mass is 10.0. The zero-order valence-electron chi connectivity index (χ0n) is 16.1. The van der Waals surface area contributed by atoms with Crippen LogP contribution in [0.2, 0.25) is 0 Å². The second kappa shape index (κ2) is 8.50. The number of esters is 1. The smallest absolute Gasteiger partial charge is 0.349 e. The van der Waals surface area contributed by atoms with Crippen LogP contribution in [0.4, 0.5) is 0 Å². The molecule has 0 radical (unpaired) electrons. The van der Waals surface area contributed by atoms with Crippen molar-refractivity contribution in [2.45, 2.75) is 31.7 Å². The average Bonchev–Trinajstić information content (AvgIpc) is 3.18. The highest BCUT2D eigenvalue weighted by molar-refractivity contribution is 7.89. The molecule has 0 saturated carbocycles. The van der Waals surface area contributed by atoms with E-state index in [-0.39, 0.29) is 16.3 Å². The second-order valence-electron chi connectivity index (χ2n) is 6.13. The molecule has 0 fully saturated rings. The van der Waals surface area contributed by atoms with Gasteiger partial charge in [-0.15, -0.1) is 11.3 Å². The molecular weight excluding hydrogens is 402 g/mol. The number of methoxy groups -OCH3 is 1. The van der Waals surface area contributed by atoms with Gasteiger partial charge in [-0.3, -0.25) is 0 Å². The Hall–Kier alpha value is -2.10. The third-order valence-corrected chi connectivity index (χ3v) is 7.37. The summed E-state index contributed by atoms with van der Waals surface area (Å²) in [6, 6.07) is 5.23. The van der Waals surface area contributed by atoms with Gasteiger partial charge in [0.05, 0.1) is 20.3 Å². The molecule has 28 heavy (non-hydrogen) atoms. The third-order valence-electron chi connectivity index (χ3n) is 4.46. The summed E-state index contributed by atoms with van der Waals surface area (Å²) in [7, 11) is -2.58. The first kappa shape index (κ1) is 20.6. The van der Waals surface area contributed by atoms with Crippen LogP contribution in [0.25, 0.3) is 0 Å². The van der Waals surface area contributed by atoms with Gasteiger partial charge in [0.1, 0.15) is 9.77 Å². The SMILES string of the molecule is CCOc1cc2c(cc1OCC)CN(S(=O)(=O)c1ccsc1C(=O)OC)CC2. The predicted molar refractivity (Wildman–Crippen MR) is 106 cm³/mol. The van der Waals surface area contributed by atoms with E-state index in [4.69, 9.17) is 14.2 Å². The average molecular weight is 426 g/mol. The van der Waals surface area contributed by atoms with Crippen LogP contribution in [-0.4, -0.2) is 45.6 Å². The maximum absolute atomic E-state index is 13.1. The lowest BCUT2D eigenvalue weighted by Gasteiger charge is -2.29. The molecule has 0 unspecified atom stereocenters. The number of hydrogen-bond donors (Lipinski definition) is 0. The lowest BCUT2D eigenvalue weighted by Crippen LogP contribution is -2.36. The van der Waals surface area contributed by atoms with Crippen LogP contribution in [-0.2, 0) is 27.7 Å². The number of carbonyl (C=O) groups is 1. The number of sulfonamides is 1. The third kappa shape index (κ3) is 3.87. The van der Waals surface area contributed by atoms with Gasteiger partial charge < -0.3 is 14.2 Å². The first-order valence-corrected chi connectivity index (χ1v) is 11.3. The van der Waals surface area contributed by atoms with Gasteiger partial charge in [-0.05, 0) is 55.0 Å². The van der Waals surface area contributed by atoms with E-state index >= 15 is 0 Å². The van der Waals surface area contributed by atoms with E-state index in [1.807, 2.05) is 26.0 Å². The summed E-state index contributed by atoms with van der Waals surface area (Å²) < 4.78 is 43.7. The quantitative estimate of drug-likeness (QED) is 0.634. The summed E-state index contributed by atoms with van der Waals surface area (Å²) >= 11 is 1.06. The molecule has 0 spiro atoms. The van der Waals surface area contributed by atoms with Crippen LogP contribution < -0.4 is 9.47 Å². The first-order chi connectivity index (χ1) is 13.4. The normalized spacial score (nSPS) is 14.4. The van der Waals surface area contributed by atoms with E-state index in [2.05, 4.69) is 0 Å². The Morgan fingerprint density at radius 2 is 1.79 bits per heavy atom. The topological polar surface area (TPSA) is 82.1 Å². The summed E-state index contributed by atoms with van der Waals surface area (Å²) in [5.74, 6) is 0.629. The molecule has 0 atom stereocenters. The molecule has 0 N–H and O–H groups in total. The molecule has 152 valence electrons. The lowest BCUT2D eigenvalue weighted by molar-refractivity contribution is 0.0602. The fraction of sp³-hybridized carbons (Fsp3) is 0.421. The number of hydrogen-bond acceptors (Lipinski definition) is 7. The zero-order valence-corrected chi connectivity index (χ0v) is 17.7. The van der Waals surface area contributed by atoms with E-state index in [1.165, 1.54) is 17.5 Å². The molecule has 0 amide bonds. The molecule has 0 saturated heterocycles. The number of fused-ring (bicyclic) bond motifs is 1. The van der Waals surface area contributed by atoms with E-state index in [9.17, 15) is 13.2 Å². The number of carbonyl (C=O) groups excluding carboxylic acids is 1. The monoisotopic (exact) mass is 425 g/mol. The van der Waals surface area contributed by atoms with Crippen molar-refractivity contribution in [3.63, 3.8) is 0 Å². The summed E-state index contributed by atoms with van der Waals surface area (Å²) in [5.41, 5.74) is 1.91. The highest BCUT2D eigenvalue weighted by atomic mass is 32.2. The van der Waals surface area contributed by atoms with E-state index in [0.29, 0.717) is 37.7 Å². The van der Waals surface area contributed by atoms with Crippen molar-refractivity contribution in [2.75, 3.05) is 26.9 Å². The van der Waals surface area contributed by atoms with Gasteiger partial charge >= 0.3 is 5.97 Å². The van der Waals surface area contributed by atoms with Crippen molar-refractivity contribution in [2.24, 2.45) is 0 Å². The Balaban J connectivity index is 1.93. The van der Waals surface area contributed by atoms with E-state index in [0.717, 1.165) is 22.5 Å². The number of benzene rings is 1. The molecule has 1 aliphatic rings. The van der Waals surface area contributed by atoms with Crippen molar-refractivity contribution in [3.8, 4) is 11.5 Å². The van der Waals surface area contributed by atoms with Crippen molar-refractivity contribution in [1.29, 1.82) is 0 Å². The maximum atomic E-state index is 13.1. The van der Waals surface area contributed by atoms with Crippen LogP contribution >= 0.6 is 11.3 Å². The standard InChI is InChI=1S/C19H23NO6S2/c1-4-25-15-10-13-6-8-20(12-14(13)11-16(15)26-5-2)28(22,23)17-7-9-27-18(17)19(21)24-3/h7,9-11H,4-6,8,12H2,1-3H3. The summed E-state index contributed by atoms with van der Waals surface area (Å²) in [6.45, 7) is 5.33. The molecule has 0 bridgehead atoms. The zero-order chi connectivity index (χ0) is 20.3. The van der Waals surface area contributed by atoms with Gasteiger partial charge in [-0.2, -0.15) is 4.31 Å². The number of nitrogens with zero attached hydrogens (tertiary/aromatic N) is 1. The summed E-state index contributed by atoms with van der Waals surface area (Å²) in [6.07, 6.45) is 0.554. The minimum absolute atomic E-state index is 0.0104. The van der Waals surface area contributed by atoms with Gasteiger partial charge in [0.2, 0.25) is 10.0 Å². The Kier molecular flexibility index (Phi) is 6.26. The highest BCUT2D eigenvalue weighted by Crippen LogP contribution is 2.36. The van der Waals surface area contributed by atoms with Crippen molar-refractivity contribution < 1.29 is 27.4 Å². The van der Waals surface area contributed by atoms with Gasteiger partial charge in [0.15, 0.2) is 11.5 Å². The minimum Gasteiger partial charge on any atom is -0.490 e. The molecule has 0 aliphatic carbocycles. The fourth-order valence-corrected chi connectivity index (χ4v) is 5.89. The molecule has 1 aliphatic heterocycles. The van der Waals surface area contributed by atoms with Crippen LogP contribution in [0.15, 0.2) is 28.5 Å². The minimum atomic E-state index is -3.82. The molecule has 7 nitrogen and oxygen atoms in total. The number of ether oxygens (including phenoxy) is 3. The molecule has 1 aromatic carbocycles. The molecular formula is C19H23NO6S2. The Labute approximate surface area is 168 Å². The molecule has 1 aromatic heterocycles. The predicted octanol–water partition coefficient (Wildman–Crippen LogP) is 3.08. The number of rotatable bonds is 7. The van der Waals surface area contributed by atoms with E-state index < -0.39 is 16.0 Å². The van der Waals surface area contributed by atoms with Crippen molar-refractivity contribution in [1.82, 2.24) is 4.31 Å². The van der Waals surface area contributed by atoms with Gasteiger partial charge in [0.25, 0.3) is 0 Å². The fourth-order valence-electron chi connectivity index (χ4n) is 3.16. The van der Waals surface area contributed by atoms with Crippen molar-refractivity contribution in [3.05, 3.63) is 39.6 Å². The van der Waals surface area contributed by atoms with Crippen LogP contribution in [0.1, 0.15) is 34.6 Å². The van der Waals surface area contributed by atoms with Crippen LogP contribution in [0.5, 0.6) is 11.5 Å². The Bertz CT molecular complexity index is 967. The van der Waals surface area contributed by atoms with Crippen molar-refractivity contribution >= 4 is 27.3 Å². The summed E-state index contributed by atoms with van der Waals surface area (Å²) in [4.78, 5) is 12.0. The molecule has 2 heterocycles. The molecule has 3 rings (SSSR count). The second-order valence-corrected chi connectivity index (χ2v) is 8.95. The highest BCUT2D eigenvalue weighted by Gasteiger charge is 2.33. The summed E-state index contributed by atoms with van der Waals surface area (Å²) in [5, 5.41) is 1.58. The van der Waals surface area contributed by atoms with Gasteiger partial charge in [-0.1, -0.05) is 0 Å². The largest absolute Gasteiger partial charge is 0.490 e. The number of thiophene rings is 1. The maximum Gasteiger partial charge on any atom is 0.349 e. The van der Waals surface area contributed by atoms with Crippen LogP contribution in [0.3, 0.4) is 0 Å². The van der Waals surface area contributed by atoms with Gasteiger partial charge in [0, 0.05) is 13.1 Å². The van der Waals surface area contributed by atoms with Gasteiger partial charge in [-0.25, -0.2) is 13.2 Å². The van der Waals surface area contributed by atoms with Crippen LogP contribution in [0, 0.1) is 0 Å². The molecule has 2 aromatic rings. The Morgan fingerprint density at radius 1 is 1.14 bits per heavy atom.